The summed E-state index contributed by atoms with van der Waals surface area (Å²) in [6.45, 7) is 1.47. The maximum absolute atomic E-state index is 12.3. The van der Waals surface area contributed by atoms with Crippen molar-refractivity contribution in [3.05, 3.63) is 44.7 Å². The fourth-order valence-corrected chi connectivity index (χ4v) is 2.34. The molecule has 8 heteroatoms. The minimum Gasteiger partial charge on any atom is -0.461 e. The molecule has 3 aromatic heterocycles. The molecule has 0 amide bonds. The first-order valence-electron chi connectivity index (χ1n) is 6.60. The highest BCUT2D eigenvalue weighted by atomic mass is 16.5. The van der Waals surface area contributed by atoms with Gasteiger partial charge in [-0.3, -0.25) is 23.1 Å². The Bertz CT molecular complexity index is 1030. The molecule has 8 nitrogen and oxygen atoms in total. The van der Waals surface area contributed by atoms with Gasteiger partial charge in [0.25, 0.3) is 5.56 Å². The summed E-state index contributed by atoms with van der Waals surface area (Å²) in [5, 5.41) is 0. The molecule has 3 rings (SSSR count). The molecular formula is C14H14N4O4. The van der Waals surface area contributed by atoms with Crippen molar-refractivity contribution in [1.29, 1.82) is 0 Å². The van der Waals surface area contributed by atoms with Gasteiger partial charge in [0.15, 0.2) is 11.2 Å². The van der Waals surface area contributed by atoms with Crippen LogP contribution in [0.2, 0.25) is 0 Å². The second kappa shape index (κ2) is 4.83. The predicted octanol–water partition coefficient (Wildman–Crippen LogP) is -0.0520. The number of nitrogens with zero attached hydrogens (tertiary/aromatic N) is 4. The van der Waals surface area contributed by atoms with Gasteiger partial charge in [-0.25, -0.2) is 9.78 Å². The third-order valence-corrected chi connectivity index (χ3v) is 3.51. The van der Waals surface area contributed by atoms with Crippen molar-refractivity contribution in [2.24, 2.45) is 14.1 Å². The minimum absolute atomic E-state index is 0.131. The van der Waals surface area contributed by atoms with Crippen LogP contribution < -0.4 is 11.2 Å². The maximum Gasteiger partial charge on any atom is 0.332 e. The summed E-state index contributed by atoms with van der Waals surface area (Å²) in [5.41, 5.74) is 1.08. The van der Waals surface area contributed by atoms with Crippen molar-refractivity contribution in [2.45, 2.75) is 13.5 Å². The highest BCUT2D eigenvalue weighted by Crippen LogP contribution is 2.14. The van der Waals surface area contributed by atoms with Crippen LogP contribution in [-0.4, -0.2) is 24.5 Å². The molecule has 0 spiro atoms. The van der Waals surface area contributed by atoms with Gasteiger partial charge < -0.3 is 4.74 Å². The molecule has 0 fully saturated rings. The van der Waals surface area contributed by atoms with Crippen LogP contribution in [0.3, 0.4) is 0 Å². The van der Waals surface area contributed by atoms with Gasteiger partial charge in [-0.05, 0) is 17.7 Å². The Morgan fingerprint density at radius 2 is 2.00 bits per heavy atom. The largest absolute Gasteiger partial charge is 0.461 e. The van der Waals surface area contributed by atoms with E-state index in [2.05, 4.69) is 4.98 Å². The SMILES string of the molecule is CC(=O)OCc1ccn2c(c1)nc1c2c(=O)n(C)c(=O)n1C. The number of fused-ring (bicyclic) bond motifs is 3. The number of carbonyl (C=O) groups is 1. The van der Waals surface area contributed by atoms with Crippen LogP contribution in [0.5, 0.6) is 0 Å². The first kappa shape index (κ1) is 14.1. The lowest BCUT2D eigenvalue weighted by molar-refractivity contribution is -0.142. The van der Waals surface area contributed by atoms with E-state index in [1.807, 2.05) is 0 Å². The lowest BCUT2D eigenvalue weighted by Gasteiger charge is -2.03. The Hall–Kier alpha value is -2.90. The Morgan fingerprint density at radius 3 is 2.68 bits per heavy atom. The third-order valence-electron chi connectivity index (χ3n) is 3.51. The van der Waals surface area contributed by atoms with Crippen LogP contribution in [0.1, 0.15) is 12.5 Å². The van der Waals surface area contributed by atoms with Gasteiger partial charge in [-0.2, -0.15) is 0 Å². The van der Waals surface area contributed by atoms with Crippen LogP contribution in [0, 0.1) is 0 Å². The first-order chi connectivity index (χ1) is 10.4. The van der Waals surface area contributed by atoms with E-state index in [-0.39, 0.29) is 12.6 Å². The van der Waals surface area contributed by atoms with E-state index < -0.39 is 11.2 Å². The van der Waals surface area contributed by atoms with Crippen LogP contribution in [0.15, 0.2) is 27.9 Å². The predicted molar refractivity (Wildman–Crippen MR) is 78.7 cm³/mol. The molecule has 22 heavy (non-hydrogen) atoms. The zero-order valence-corrected chi connectivity index (χ0v) is 12.4. The van der Waals surface area contributed by atoms with Gasteiger partial charge in [0.05, 0.1) is 0 Å². The molecule has 0 aliphatic heterocycles. The number of imidazole rings is 1. The average Bonchev–Trinajstić information content (AvgIpc) is 2.87. The van der Waals surface area contributed by atoms with E-state index >= 15 is 0 Å². The van der Waals surface area contributed by atoms with Gasteiger partial charge >= 0.3 is 11.7 Å². The summed E-state index contributed by atoms with van der Waals surface area (Å²) in [4.78, 5) is 39.4. The van der Waals surface area contributed by atoms with Gasteiger partial charge in [0.1, 0.15) is 12.3 Å². The highest BCUT2D eigenvalue weighted by Gasteiger charge is 2.15. The molecule has 0 unspecified atom stereocenters. The number of carbonyl (C=O) groups excluding carboxylic acids is 1. The molecule has 0 radical (unpaired) electrons. The number of aryl methyl sites for hydroxylation is 1. The Morgan fingerprint density at radius 1 is 1.27 bits per heavy atom. The monoisotopic (exact) mass is 302 g/mol. The minimum atomic E-state index is -0.430. The smallest absolute Gasteiger partial charge is 0.332 e. The molecule has 0 N–H and O–H groups in total. The lowest BCUT2D eigenvalue weighted by Crippen LogP contribution is -2.37. The Balaban J connectivity index is 2.28. The molecule has 0 aliphatic rings. The van der Waals surface area contributed by atoms with E-state index in [9.17, 15) is 14.4 Å². The fraction of sp³-hybridized carbons (Fsp3) is 0.286. The van der Waals surface area contributed by atoms with Crippen molar-refractivity contribution < 1.29 is 9.53 Å². The van der Waals surface area contributed by atoms with Crippen LogP contribution >= 0.6 is 0 Å². The maximum atomic E-state index is 12.3. The van der Waals surface area contributed by atoms with Gasteiger partial charge in [-0.1, -0.05) is 0 Å². The second-order valence-electron chi connectivity index (χ2n) is 5.03. The van der Waals surface area contributed by atoms with E-state index in [1.54, 1.807) is 29.8 Å². The van der Waals surface area contributed by atoms with Crippen LogP contribution in [0.25, 0.3) is 16.8 Å². The molecule has 0 saturated heterocycles. The molecular weight excluding hydrogens is 288 g/mol. The average molecular weight is 302 g/mol. The summed E-state index contributed by atoms with van der Waals surface area (Å²) < 4.78 is 8.93. The first-order valence-corrected chi connectivity index (χ1v) is 6.60. The molecule has 3 aromatic rings. The Labute approximate surface area is 124 Å². The van der Waals surface area contributed by atoms with Crippen molar-refractivity contribution >= 4 is 22.8 Å². The quantitative estimate of drug-likeness (QED) is 0.619. The molecule has 0 aliphatic carbocycles. The van der Waals surface area contributed by atoms with Crippen LogP contribution in [0.4, 0.5) is 0 Å². The van der Waals surface area contributed by atoms with Crippen molar-refractivity contribution in [2.75, 3.05) is 0 Å². The van der Waals surface area contributed by atoms with E-state index in [1.165, 1.54) is 18.5 Å². The van der Waals surface area contributed by atoms with Crippen LogP contribution in [-0.2, 0) is 30.2 Å². The van der Waals surface area contributed by atoms with Crippen molar-refractivity contribution in [3.63, 3.8) is 0 Å². The van der Waals surface area contributed by atoms with Crippen molar-refractivity contribution in [1.82, 2.24) is 18.5 Å². The zero-order valence-electron chi connectivity index (χ0n) is 12.4. The second-order valence-corrected chi connectivity index (χ2v) is 5.03. The summed E-state index contributed by atoms with van der Waals surface area (Å²) in [6, 6.07) is 3.45. The Kier molecular flexibility index (Phi) is 3.09. The number of ether oxygens (including phenoxy) is 1. The summed E-state index contributed by atoms with van der Waals surface area (Å²) in [6.07, 6.45) is 1.68. The number of esters is 1. The standard InChI is InChI=1S/C14H14N4O4/c1-8(19)22-7-9-4-5-18-10(6-9)15-12-11(18)13(20)17(3)14(21)16(12)2/h4-6H,7H2,1-3H3. The summed E-state index contributed by atoms with van der Waals surface area (Å²) >= 11 is 0. The van der Waals surface area contributed by atoms with Crippen molar-refractivity contribution in [3.8, 4) is 0 Å². The molecule has 0 bridgehead atoms. The molecule has 0 saturated carbocycles. The number of hydrogen-bond donors (Lipinski definition) is 0. The summed E-state index contributed by atoms with van der Waals surface area (Å²) in [7, 11) is 2.99. The normalized spacial score (nSPS) is 11.2. The lowest BCUT2D eigenvalue weighted by atomic mass is 10.3. The number of aromatic nitrogens is 4. The molecule has 3 heterocycles. The molecule has 0 aromatic carbocycles. The van der Waals surface area contributed by atoms with Gasteiger partial charge in [0.2, 0.25) is 0 Å². The van der Waals surface area contributed by atoms with E-state index in [4.69, 9.17) is 4.74 Å². The molecule has 0 atom stereocenters. The third kappa shape index (κ3) is 2.00. The topological polar surface area (TPSA) is 87.6 Å². The van der Waals surface area contributed by atoms with E-state index in [0.29, 0.717) is 16.8 Å². The van der Waals surface area contributed by atoms with Gasteiger partial charge in [-0.15, -0.1) is 0 Å². The fourth-order valence-electron chi connectivity index (χ4n) is 2.34. The van der Waals surface area contributed by atoms with Gasteiger partial charge in [0, 0.05) is 27.2 Å². The summed E-state index contributed by atoms with van der Waals surface area (Å²) in [5.74, 6) is -0.371. The highest BCUT2D eigenvalue weighted by molar-refractivity contribution is 5.76. The number of hydrogen-bond acceptors (Lipinski definition) is 5. The zero-order chi connectivity index (χ0) is 16.0. The van der Waals surface area contributed by atoms with E-state index in [0.717, 1.165) is 10.1 Å². The number of rotatable bonds is 2. The number of pyridine rings is 1. The molecule has 114 valence electrons.